The topological polar surface area (TPSA) is 69.0 Å². The number of hydrogen-bond donors (Lipinski definition) is 1. The van der Waals surface area contributed by atoms with Crippen molar-refractivity contribution in [3.63, 3.8) is 0 Å². The molecule has 1 aromatic heterocycles. The highest BCUT2D eigenvalue weighted by molar-refractivity contribution is 9.10. The molecule has 0 atom stereocenters. The number of aromatic nitrogens is 3. The number of carbonyl (C=O) groups excluding carboxylic acids is 1. The van der Waals surface area contributed by atoms with Crippen molar-refractivity contribution in [1.82, 2.24) is 15.0 Å². The molecule has 0 saturated heterocycles. The zero-order valence-corrected chi connectivity index (χ0v) is 17.8. The highest BCUT2D eigenvalue weighted by atomic mass is 79.9. The van der Waals surface area contributed by atoms with E-state index in [2.05, 4.69) is 31.4 Å². The van der Waals surface area contributed by atoms with E-state index in [0.29, 0.717) is 22.5 Å². The Morgan fingerprint density at radius 2 is 1.69 bits per heavy atom. The van der Waals surface area contributed by atoms with Crippen molar-refractivity contribution in [2.45, 2.75) is 13.8 Å². The molecular formula is C22H19BrN4O2. The number of amides is 1. The summed E-state index contributed by atoms with van der Waals surface area (Å²) < 4.78 is 5.94. The summed E-state index contributed by atoms with van der Waals surface area (Å²) in [4.78, 5) is 14.3. The molecule has 0 spiro atoms. The number of methoxy groups -OCH3 is 1. The molecule has 0 radical (unpaired) electrons. The number of nitrogens with one attached hydrogen (secondary N) is 1. The lowest BCUT2D eigenvalue weighted by atomic mass is 10.1. The van der Waals surface area contributed by atoms with Gasteiger partial charge in [-0.3, -0.25) is 4.79 Å². The third kappa shape index (κ3) is 3.86. The fourth-order valence-electron chi connectivity index (χ4n) is 3.00. The van der Waals surface area contributed by atoms with Gasteiger partial charge < -0.3 is 10.1 Å². The molecule has 0 bridgehead atoms. The van der Waals surface area contributed by atoms with E-state index >= 15 is 0 Å². The van der Waals surface area contributed by atoms with E-state index in [1.54, 1.807) is 30.1 Å². The van der Waals surface area contributed by atoms with Crippen LogP contribution < -0.4 is 10.1 Å². The van der Waals surface area contributed by atoms with Gasteiger partial charge in [0.15, 0.2) is 0 Å². The standard InChI is InChI=1S/C22H19BrN4O2/c1-13-4-7-16(8-5-13)27-25-19-10-14(2)18(12-20(19)26-27)24-22(28)15-6-9-21(29-3)17(23)11-15/h4-12H,1-3H3,(H,24,28). The van der Waals surface area contributed by atoms with Crippen LogP contribution in [0.25, 0.3) is 16.7 Å². The quantitative estimate of drug-likeness (QED) is 0.471. The van der Waals surface area contributed by atoms with E-state index in [-0.39, 0.29) is 5.91 Å². The molecule has 3 aromatic carbocycles. The molecule has 1 heterocycles. The van der Waals surface area contributed by atoms with Crippen LogP contribution in [0.1, 0.15) is 21.5 Å². The SMILES string of the molecule is COc1ccc(C(=O)Nc2cc3nn(-c4ccc(C)cc4)nc3cc2C)cc1Br. The Hall–Kier alpha value is -3.19. The monoisotopic (exact) mass is 450 g/mol. The molecular weight excluding hydrogens is 432 g/mol. The molecule has 0 fully saturated rings. The number of rotatable bonds is 4. The summed E-state index contributed by atoms with van der Waals surface area (Å²) in [5.41, 5.74) is 5.69. The van der Waals surface area contributed by atoms with E-state index < -0.39 is 0 Å². The summed E-state index contributed by atoms with van der Waals surface area (Å²) in [6, 6.07) is 17.0. The maximum Gasteiger partial charge on any atom is 0.255 e. The fourth-order valence-corrected chi connectivity index (χ4v) is 3.54. The molecule has 0 unspecified atom stereocenters. The van der Waals surface area contributed by atoms with Gasteiger partial charge in [0.25, 0.3) is 5.91 Å². The van der Waals surface area contributed by atoms with Gasteiger partial charge in [0.2, 0.25) is 0 Å². The van der Waals surface area contributed by atoms with Gasteiger partial charge in [0, 0.05) is 11.3 Å². The number of carbonyl (C=O) groups is 1. The summed E-state index contributed by atoms with van der Waals surface area (Å²) in [6.45, 7) is 3.97. The third-order valence-electron chi connectivity index (χ3n) is 4.65. The number of ether oxygens (including phenoxy) is 1. The van der Waals surface area contributed by atoms with Crippen molar-refractivity contribution in [2.75, 3.05) is 12.4 Å². The van der Waals surface area contributed by atoms with Crippen LogP contribution in [0.15, 0.2) is 59.1 Å². The highest BCUT2D eigenvalue weighted by Crippen LogP contribution is 2.27. The fraction of sp³-hybridized carbons (Fsp3) is 0.136. The van der Waals surface area contributed by atoms with Crippen molar-refractivity contribution in [1.29, 1.82) is 0 Å². The maximum absolute atomic E-state index is 12.7. The largest absolute Gasteiger partial charge is 0.496 e. The lowest BCUT2D eigenvalue weighted by Gasteiger charge is -2.09. The number of fused-ring (bicyclic) bond motifs is 1. The van der Waals surface area contributed by atoms with Gasteiger partial charge in [-0.05, 0) is 77.8 Å². The van der Waals surface area contributed by atoms with Crippen LogP contribution in [0.4, 0.5) is 5.69 Å². The van der Waals surface area contributed by atoms with Gasteiger partial charge in [-0.25, -0.2) is 0 Å². The Bertz CT molecular complexity index is 1220. The Morgan fingerprint density at radius 3 is 2.34 bits per heavy atom. The molecule has 4 rings (SSSR count). The zero-order chi connectivity index (χ0) is 20.5. The second-order valence-corrected chi connectivity index (χ2v) is 7.64. The maximum atomic E-state index is 12.7. The van der Waals surface area contributed by atoms with E-state index in [1.807, 2.05) is 50.2 Å². The van der Waals surface area contributed by atoms with Crippen molar-refractivity contribution in [3.8, 4) is 11.4 Å². The lowest BCUT2D eigenvalue weighted by Crippen LogP contribution is -2.12. The first-order chi connectivity index (χ1) is 13.9. The Morgan fingerprint density at radius 1 is 1.00 bits per heavy atom. The van der Waals surface area contributed by atoms with Crippen LogP contribution in [0.3, 0.4) is 0 Å². The van der Waals surface area contributed by atoms with Gasteiger partial charge in [0.05, 0.1) is 17.3 Å². The summed E-state index contributed by atoms with van der Waals surface area (Å²) >= 11 is 3.41. The average Bonchev–Trinajstić information content (AvgIpc) is 3.11. The minimum Gasteiger partial charge on any atom is -0.496 e. The van der Waals surface area contributed by atoms with Crippen LogP contribution in [0.2, 0.25) is 0 Å². The van der Waals surface area contributed by atoms with Gasteiger partial charge in [-0.2, -0.15) is 4.80 Å². The second-order valence-electron chi connectivity index (χ2n) is 6.78. The molecule has 7 heteroatoms. The first-order valence-corrected chi connectivity index (χ1v) is 9.83. The predicted octanol–water partition coefficient (Wildman–Crippen LogP) is 5.06. The smallest absolute Gasteiger partial charge is 0.255 e. The first kappa shape index (κ1) is 19.1. The number of halogens is 1. The molecule has 29 heavy (non-hydrogen) atoms. The average molecular weight is 451 g/mol. The van der Waals surface area contributed by atoms with E-state index in [4.69, 9.17) is 4.74 Å². The van der Waals surface area contributed by atoms with E-state index in [9.17, 15) is 4.79 Å². The Balaban J connectivity index is 1.63. The summed E-state index contributed by atoms with van der Waals surface area (Å²) in [5.74, 6) is 0.466. The van der Waals surface area contributed by atoms with Crippen molar-refractivity contribution in [2.24, 2.45) is 0 Å². The number of aryl methyl sites for hydroxylation is 2. The molecule has 0 aliphatic carbocycles. The van der Waals surface area contributed by atoms with Crippen LogP contribution in [0.5, 0.6) is 5.75 Å². The predicted molar refractivity (Wildman–Crippen MR) is 117 cm³/mol. The van der Waals surface area contributed by atoms with Crippen LogP contribution in [-0.4, -0.2) is 28.0 Å². The molecule has 1 amide bonds. The lowest BCUT2D eigenvalue weighted by molar-refractivity contribution is 0.102. The van der Waals surface area contributed by atoms with Gasteiger partial charge in [-0.1, -0.05) is 17.7 Å². The molecule has 146 valence electrons. The normalized spacial score (nSPS) is 10.9. The first-order valence-electron chi connectivity index (χ1n) is 9.04. The molecule has 4 aromatic rings. The van der Waals surface area contributed by atoms with E-state index in [1.165, 1.54) is 5.56 Å². The summed E-state index contributed by atoms with van der Waals surface area (Å²) in [5, 5.41) is 12.1. The molecule has 0 saturated carbocycles. The summed E-state index contributed by atoms with van der Waals surface area (Å²) in [7, 11) is 1.59. The Labute approximate surface area is 176 Å². The zero-order valence-electron chi connectivity index (χ0n) is 16.2. The highest BCUT2D eigenvalue weighted by Gasteiger charge is 2.13. The minimum absolute atomic E-state index is 0.207. The van der Waals surface area contributed by atoms with Gasteiger partial charge >= 0.3 is 0 Å². The number of nitrogens with zero attached hydrogens (tertiary/aromatic N) is 3. The van der Waals surface area contributed by atoms with E-state index in [0.717, 1.165) is 21.2 Å². The molecule has 6 nitrogen and oxygen atoms in total. The molecule has 1 N–H and O–H groups in total. The Kier molecular flexibility index (Phi) is 5.07. The third-order valence-corrected chi connectivity index (χ3v) is 5.27. The van der Waals surface area contributed by atoms with Crippen molar-refractivity contribution < 1.29 is 9.53 Å². The van der Waals surface area contributed by atoms with Crippen molar-refractivity contribution >= 4 is 38.6 Å². The molecule has 0 aliphatic heterocycles. The summed E-state index contributed by atoms with van der Waals surface area (Å²) in [6.07, 6.45) is 0. The second kappa shape index (κ2) is 7.67. The van der Waals surface area contributed by atoms with Gasteiger partial charge in [-0.15, -0.1) is 10.2 Å². The minimum atomic E-state index is -0.207. The van der Waals surface area contributed by atoms with Crippen LogP contribution in [-0.2, 0) is 0 Å². The number of anilines is 1. The van der Waals surface area contributed by atoms with Gasteiger partial charge in [0.1, 0.15) is 16.8 Å². The number of benzene rings is 3. The van der Waals surface area contributed by atoms with Crippen LogP contribution in [0, 0.1) is 13.8 Å². The molecule has 0 aliphatic rings. The number of hydrogen-bond acceptors (Lipinski definition) is 4. The van der Waals surface area contributed by atoms with Crippen molar-refractivity contribution in [3.05, 3.63) is 75.8 Å². The van der Waals surface area contributed by atoms with Crippen LogP contribution >= 0.6 is 15.9 Å².